The fraction of sp³-hybridized carbons (Fsp3) is 0.250. The molecule has 0 radical (unpaired) electrons. The summed E-state index contributed by atoms with van der Waals surface area (Å²) in [6, 6.07) is 7.63. The Balaban J connectivity index is 1.46. The van der Waals surface area contributed by atoms with Gasteiger partial charge in [0, 0.05) is 22.6 Å². The number of thiophene rings is 1. The van der Waals surface area contributed by atoms with Gasteiger partial charge in [-0.25, -0.2) is 0 Å². The van der Waals surface area contributed by atoms with E-state index in [2.05, 4.69) is 10.6 Å². The average Bonchev–Trinajstić information content (AvgIpc) is 3.33. The summed E-state index contributed by atoms with van der Waals surface area (Å²) in [5.74, 6) is 0.809. The highest BCUT2D eigenvalue weighted by atomic mass is 35.5. The van der Waals surface area contributed by atoms with Crippen LogP contribution in [0.3, 0.4) is 0 Å². The second-order valence-electron chi connectivity index (χ2n) is 7.09. The third-order valence-electron chi connectivity index (χ3n) is 5.29. The van der Waals surface area contributed by atoms with Gasteiger partial charge in [-0.2, -0.15) is 0 Å². The van der Waals surface area contributed by atoms with Crippen molar-refractivity contribution in [3.05, 3.63) is 67.2 Å². The Bertz CT molecular complexity index is 1150. The van der Waals surface area contributed by atoms with Crippen molar-refractivity contribution >= 4 is 39.5 Å². The summed E-state index contributed by atoms with van der Waals surface area (Å²) < 4.78 is 5.91. The monoisotopic (exact) mass is 429 g/mol. The lowest BCUT2D eigenvalue weighted by molar-refractivity contribution is -0.384. The van der Waals surface area contributed by atoms with Gasteiger partial charge in [0.1, 0.15) is 16.5 Å². The van der Waals surface area contributed by atoms with Crippen LogP contribution >= 0.6 is 22.9 Å². The van der Waals surface area contributed by atoms with E-state index in [-0.39, 0.29) is 11.6 Å². The van der Waals surface area contributed by atoms with Crippen LogP contribution in [0.1, 0.15) is 45.6 Å². The van der Waals surface area contributed by atoms with E-state index in [1.807, 2.05) is 0 Å². The topological polar surface area (TPSA) is 97.4 Å². The number of carbonyl (C=O) groups is 1. The maximum absolute atomic E-state index is 12.8. The maximum Gasteiger partial charge on any atom is 0.270 e. The summed E-state index contributed by atoms with van der Waals surface area (Å²) in [5.41, 5.74) is 2.29. The number of non-ortho nitro benzene ring substituents is 1. The van der Waals surface area contributed by atoms with Crippen molar-refractivity contribution in [2.45, 2.75) is 31.8 Å². The first-order valence-electron chi connectivity index (χ1n) is 9.27. The van der Waals surface area contributed by atoms with E-state index in [1.54, 1.807) is 23.5 Å². The zero-order valence-corrected chi connectivity index (χ0v) is 16.7. The van der Waals surface area contributed by atoms with Gasteiger partial charge < -0.3 is 15.1 Å². The smallest absolute Gasteiger partial charge is 0.270 e. The highest BCUT2D eigenvalue weighted by Crippen LogP contribution is 2.42. The van der Waals surface area contributed by atoms with Gasteiger partial charge in [0.2, 0.25) is 0 Å². The number of halogens is 1. The summed E-state index contributed by atoms with van der Waals surface area (Å²) in [6.45, 7) is 0. The fourth-order valence-electron chi connectivity index (χ4n) is 3.89. The van der Waals surface area contributed by atoms with Gasteiger partial charge >= 0.3 is 0 Å². The molecule has 148 valence electrons. The molecule has 2 aromatic heterocycles. The van der Waals surface area contributed by atoms with Crippen molar-refractivity contribution in [1.82, 2.24) is 5.32 Å². The van der Waals surface area contributed by atoms with E-state index < -0.39 is 11.1 Å². The van der Waals surface area contributed by atoms with Gasteiger partial charge in [0.15, 0.2) is 6.17 Å². The van der Waals surface area contributed by atoms with Crippen molar-refractivity contribution in [3.63, 3.8) is 0 Å². The van der Waals surface area contributed by atoms with E-state index in [1.165, 1.54) is 28.6 Å². The van der Waals surface area contributed by atoms with Crippen molar-refractivity contribution < 1.29 is 14.1 Å². The molecule has 1 unspecified atom stereocenters. The van der Waals surface area contributed by atoms with Gasteiger partial charge in [-0.3, -0.25) is 14.9 Å². The summed E-state index contributed by atoms with van der Waals surface area (Å²) in [4.78, 5) is 24.6. The molecule has 1 aromatic carbocycles. The van der Waals surface area contributed by atoms with Crippen LogP contribution in [0.15, 0.2) is 34.7 Å². The van der Waals surface area contributed by atoms with Gasteiger partial charge in [-0.15, -0.1) is 11.3 Å². The van der Waals surface area contributed by atoms with Crippen LogP contribution in [0.5, 0.6) is 0 Å². The number of aryl methyl sites for hydroxylation is 1. The lowest BCUT2D eigenvalue weighted by atomic mass is 9.94. The molecule has 0 saturated heterocycles. The standard InChI is InChI=1S/C20H16ClN3O4S/c21-13-6-5-10(24(26)27)9-12(13)14-7-8-15(28-14)18-22-19(25)17-11-3-1-2-4-16(11)29-20(17)23-18/h5-9,18,23H,1-4H2,(H,22,25). The molecule has 2 aliphatic rings. The Hall–Kier alpha value is -2.84. The predicted octanol–water partition coefficient (Wildman–Crippen LogP) is 5.30. The lowest BCUT2D eigenvalue weighted by Gasteiger charge is -2.25. The molecule has 9 heteroatoms. The summed E-state index contributed by atoms with van der Waals surface area (Å²) >= 11 is 7.85. The largest absolute Gasteiger partial charge is 0.457 e. The van der Waals surface area contributed by atoms with E-state index in [9.17, 15) is 14.9 Å². The number of fused-ring (bicyclic) bond motifs is 3. The molecule has 1 amide bonds. The number of amides is 1. The molecule has 5 rings (SSSR count). The number of nitrogens with one attached hydrogen (secondary N) is 2. The molecule has 29 heavy (non-hydrogen) atoms. The molecular weight excluding hydrogens is 414 g/mol. The molecule has 2 N–H and O–H groups in total. The van der Waals surface area contributed by atoms with Crippen LogP contribution in [0.2, 0.25) is 5.02 Å². The molecule has 3 heterocycles. The zero-order chi connectivity index (χ0) is 20.1. The van der Waals surface area contributed by atoms with E-state index in [4.69, 9.17) is 16.0 Å². The Morgan fingerprint density at radius 3 is 2.83 bits per heavy atom. The van der Waals surface area contributed by atoms with Gasteiger partial charge in [-0.05, 0) is 49.4 Å². The number of nitro groups is 1. The summed E-state index contributed by atoms with van der Waals surface area (Å²) in [6.07, 6.45) is 3.71. The first kappa shape index (κ1) is 18.2. The van der Waals surface area contributed by atoms with Crippen LogP contribution < -0.4 is 10.6 Å². The highest BCUT2D eigenvalue weighted by Gasteiger charge is 2.33. The van der Waals surface area contributed by atoms with Crippen molar-refractivity contribution in [3.8, 4) is 11.3 Å². The van der Waals surface area contributed by atoms with E-state index in [0.29, 0.717) is 22.1 Å². The third-order valence-corrected chi connectivity index (χ3v) is 6.84. The number of nitro benzene ring substituents is 1. The molecular formula is C20H16ClN3O4S. The third kappa shape index (κ3) is 3.08. The van der Waals surface area contributed by atoms with E-state index in [0.717, 1.165) is 36.2 Å². The molecule has 0 saturated carbocycles. The first-order chi connectivity index (χ1) is 14.0. The number of furan rings is 1. The second kappa shape index (κ2) is 6.89. The Labute approximate surface area is 174 Å². The Morgan fingerprint density at radius 2 is 2.00 bits per heavy atom. The normalized spacial score (nSPS) is 17.8. The van der Waals surface area contributed by atoms with Gasteiger partial charge in [-0.1, -0.05) is 11.6 Å². The molecule has 7 nitrogen and oxygen atoms in total. The molecule has 1 aliphatic carbocycles. The Morgan fingerprint density at radius 1 is 1.17 bits per heavy atom. The van der Waals surface area contributed by atoms with Crippen LogP contribution in [0.25, 0.3) is 11.3 Å². The van der Waals surface area contributed by atoms with Crippen molar-refractivity contribution in [1.29, 1.82) is 0 Å². The van der Waals surface area contributed by atoms with Crippen LogP contribution in [0, 0.1) is 10.1 Å². The molecule has 0 fully saturated rings. The molecule has 0 bridgehead atoms. The average molecular weight is 430 g/mol. The van der Waals surface area contributed by atoms with Gasteiger partial charge in [0.05, 0.1) is 15.5 Å². The molecule has 1 aliphatic heterocycles. The Kier molecular flexibility index (Phi) is 4.33. The summed E-state index contributed by atoms with van der Waals surface area (Å²) in [5, 5.41) is 18.6. The van der Waals surface area contributed by atoms with Crippen LogP contribution in [0.4, 0.5) is 10.7 Å². The van der Waals surface area contributed by atoms with E-state index >= 15 is 0 Å². The van der Waals surface area contributed by atoms with Crippen LogP contribution in [-0.4, -0.2) is 10.8 Å². The first-order valence-corrected chi connectivity index (χ1v) is 10.5. The number of carbonyl (C=O) groups excluding carboxylic acids is 1. The van der Waals surface area contributed by atoms with Gasteiger partial charge in [0.25, 0.3) is 11.6 Å². The maximum atomic E-state index is 12.8. The minimum absolute atomic E-state index is 0.0692. The van der Waals surface area contributed by atoms with Crippen molar-refractivity contribution in [2.75, 3.05) is 5.32 Å². The number of hydrogen-bond acceptors (Lipinski definition) is 6. The second-order valence-corrected chi connectivity index (χ2v) is 8.60. The van der Waals surface area contributed by atoms with Crippen molar-refractivity contribution in [2.24, 2.45) is 0 Å². The number of hydrogen-bond donors (Lipinski definition) is 2. The minimum atomic E-state index is -0.513. The molecule has 1 atom stereocenters. The lowest BCUT2D eigenvalue weighted by Crippen LogP contribution is -2.38. The quantitative estimate of drug-likeness (QED) is 0.434. The van der Waals surface area contributed by atoms with Crippen LogP contribution in [-0.2, 0) is 12.8 Å². The number of benzene rings is 1. The fourth-order valence-corrected chi connectivity index (χ4v) is 5.41. The molecule has 0 spiro atoms. The zero-order valence-electron chi connectivity index (χ0n) is 15.2. The summed E-state index contributed by atoms with van der Waals surface area (Å²) in [7, 11) is 0. The number of rotatable bonds is 3. The number of nitrogens with zero attached hydrogens (tertiary/aromatic N) is 1. The minimum Gasteiger partial charge on any atom is -0.457 e. The highest BCUT2D eigenvalue weighted by molar-refractivity contribution is 7.16. The predicted molar refractivity (Wildman–Crippen MR) is 111 cm³/mol. The SMILES string of the molecule is O=C1NC(c2ccc(-c3cc([N+](=O)[O-])ccc3Cl)o2)Nc2sc3c(c21)CCCC3. The number of anilines is 1. The molecule has 3 aromatic rings.